The minimum absolute atomic E-state index is 0.0158. The molecule has 23 heavy (non-hydrogen) atoms. The Hall–Kier alpha value is -2.07. The van der Waals surface area contributed by atoms with Gasteiger partial charge in [-0.1, -0.05) is 0 Å². The van der Waals surface area contributed by atoms with Gasteiger partial charge in [-0.2, -0.15) is 0 Å². The summed E-state index contributed by atoms with van der Waals surface area (Å²) in [7, 11) is 0. The molecule has 0 aromatic heterocycles. The van der Waals surface area contributed by atoms with Gasteiger partial charge in [-0.3, -0.25) is 19.7 Å². The second-order valence-corrected chi connectivity index (χ2v) is 5.68. The summed E-state index contributed by atoms with van der Waals surface area (Å²) in [6.07, 6.45) is -0.943. The van der Waals surface area contributed by atoms with Crippen molar-refractivity contribution in [3.05, 3.63) is 38.1 Å². The van der Waals surface area contributed by atoms with E-state index in [1.165, 1.54) is 4.90 Å². The molecule has 1 saturated heterocycles. The molecule has 1 heterocycles. The normalized spacial score (nSPS) is 17.8. The number of morpholine rings is 1. The van der Waals surface area contributed by atoms with Gasteiger partial charge in [0.25, 0.3) is 11.6 Å². The lowest BCUT2D eigenvalue weighted by atomic mass is 10.1. The second kappa shape index (κ2) is 7.01. The average molecular weight is 391 g/mol. The molecule has 0 aliphatic carbocycles. The lowest BCUT2D eigenvalue weighted by Gasteiger charge is -2.32. The highest BCUT2D eigenvalue weighted by molar-refractivity contribution is 9.10. The predicted molar refractivity (Wildman–Crippen MR) is 78.7 cm³/mol. The largest absolute Gasteiger partial charge is 0.481 e. The zero-order valence-corrected chi connectivity index (χ0v) is 13.3. The highest BCUT2D eigenvalue weighted by atomic mass is 79.9. The number of nitrogens with zero attached hydrogens (tertiary/aromatic N) is 2. The molecule has 8 nitrogen and oxygen atoms in total. The van der Waals surface area contributed by atoms with Gasteiger partial charge in [0.2, 0.25) is 0 Å². The van der Waals surface area contributed by atoms with Gasteiger partial charge < -0.3 is 14.7 Å². The summed E-state index contributed by atoms with van der Waals surface area (Å²) >= 11 is 2.96. The molecule has 1 aliphatic heterocycles. The number of hydrogen-bond donors (Lipinski definition) is 1. The number of amides is 1. The van der Waals surface area contributed by atoms with E-state index in [4.69, 9.17) is 9.84 Å². The molecule has 0 radical (unpaired) electrons. The van der Waals surface area contributed by atoms with Crippen LogP contribution in [0.25, 0.3) is 0 Å². The van der Waals surface area contributed by atoms with Crippen molar-refractivity contribution in [3.63, 3.8) is 0 Å². The van der Waals surface area contributed by atoms with Crippen molar-refractivity contribution in [2.75, 3.05) is 19.7 Å². The van der Waals surface area contributed by atoms with Crippen molar-refractivity contribution in [3.8, 4) is 0 Å². The van der Waals surface area contributed by atoms with E-state index >= 15 is 0 Å². The van der Waals surface area contributed by atoms with Gasteiger partial charge in [0.15, 0.2) is 0 Å². The van der Waals surface area contributed by atoms with Crippen LogP contribution in [0.4, 0.5) is 10.1 Å². The minimum atomic E-state index is -1.06. The van der Waals surface area contributed by atoms with Crippen molar-refractivity contribution >= 4 is 33.5 Å². The van der Waals surface area contributed by atoms with Crippen LogP contribution < -0.4 is 0 Å². The van der Waals surface area contributed by atoms with Crippen LogP contribution in [-0.4, -0.2) is 52.6 Å². The lowest BCUT2D eigenvalue weighted by Crippen LogP contribution is -2.46. The Kier molecular flexibility index (Phi) is 5.26. The number of nitro groups is 1. The molecule has 0 spiro atoms. The Labute approximate surface area is 138 Å². The summed E-state index contributed by atoms with van der Waals surface area (Å²) < 4.78 is 18.7. The smallest absolute Gasteiger partial charge is 0.306 e. The minimum Gasteiger partial charge on any atom is -0.481 e. The number of carbonyl (C=O) groups excluding carboxylic acids is 1. The molecule has 1 N–H and O–H groups in total. The number of hydrogen-bond acceptors (Lipinski definition) is 5. The molecule has 1 unspecified atom stereocenters. The fraction of sp³-hybridized carbons (Fsp3) is 0.385. The molecule has 1 aromatic carbocycles. The Morgan fingerprint density at radius 2 is 2.22 bits per heavy atom. The highest BCUT2D eigenvalue weighted by Crippen LogP contribution is 2.31. The molecule has 0 saturated carbocycles. The maximum Gasteiger partial charge on any atom is 0.306 e. The summed E-state index contributed by atoms with van der Waals surface area (Å²) in [5, 5.41) is 19.7. The summed E-state index contributed by atoms with van der Waals surface area (Å²) in [6, 6.07) is 1.62. The molecule has 1 aliphatic rings. The first-order valence-corrected chi connectivity index (χ1v) is 7.35. The topological polar surface area (TPSA) is 110 Å². The van der Waals surface area contributed by atoms with Crippen LogP contribution in [0.1, 0.15) is 16.8 Å². The van der Waals surface area contributed by atoms with Crippen molar-refractivity contribution in [1.82, 2.24) is 4.90 Å². The Bertz CT molecular complexity index is 668. The third-order valence-corrected chi connectivity index (χ3v) is 4.11. The van der Waals surface area contributed by atoms with E-state index in [0.717, 1.165) is 6.07 Å². The van der Waals surface area contributed by atoms with Crippen LogP contribution in [0.2, 0.25) is 0 Å². The maximum atomic E-state index is 13.5. The molecule has 10 heteroatoms. The van der Waals surface area contributed by atoms with E-state index in [0.29, 0.717) is 6.07 Å². The predicted octanol–water partition coefficient (Wildman–Crippen LogP) is 1.81. The van der Waals surface area contributed by atoms with Gasteiger partial charge in [0.05, 0.1) is 35.7 Å². The number of carboxylic acid groups (broad SMARTS) is 1. The average Bonchev–Trinajstić information content (AvgIpc) is 2.48. The van der Waals surface area contributed by atoms with Gasteiger partial charge in [0, 0.05) is 13.1 Å². The van der Waals surface area contributed by atoms with Crippen LogP contribution in [0, 0.1) is 15.9 Å². The Morgan fingerprint density at radius 1 is 1.52 bits per heavy atom. The SMILES string of the molecule is O=C(O)CC1CN(C(=O)c2cc(F)cc([N+](=O)[O-])c2Br)CCO1. The first-order chi connectivity index (χ1) is 10.8. The van der Waals surface area contributed by atoms with Crippen LogP contribution in [0.15, 0.2) is 16.6 Å². The van der Waals surface area contributed by atoms with Crippen LogP contribution in [0.5, 0.6) is 0 Å². The second-order valence-electron chi connectivity index (χ2n) is 4.89. The number of ether oxygens (including phenoxy) is 1. The fourth-order valence-corrected chi connectivity index (χ4v) is 2.80. The molecule has 2 rings (SSSR count). The zero-order chi connectivity index (χ0) is 17.1. The van der Waals surface area contributed by atoms with E-state index in [2.05, 4.69) is 15.9 Å². The van der Waals surface area contributed by atoms with E-state index in [-0.39, 0.29) is 36.2 Å². The quantitative estimate of drug-likeness (QED) is 0.619. The van der Waals surface area contributed by atoms with Crippen LogP contribution in [-0.2, 0) is 9.53 Å². The number of carboxylic acids is 1. The zero-order valence-electron chi connectivity index (χ0n) is 11.7. The number of nitro benzene ring substituents is 1. The maximum absolute atomic E-state index is 13.5. The highest BCUT2D eigenvalue weighted by Gasteiger charge is 2.30. The van der Waals surface area contributed by atoms with Crippen molar-refractivity contribution in [2.45, 2.75) is 12.5 Å². The molecule has 1 fully saturated rings. The van der Waals surface area contributed by atoms with Gasteiger partial charge in [-0.25, -0.2) is 4.39 Å². The summed E-state index contributed by atoms with van der Waals surface area (Å²) in [6.45, 7) is 0.340. The molecular weight excluding hydrogens is 379 g/mol. The molecule has 0 bridgehead atoms. The number of carbonyl (C=O) groups is 2. The number of aliphatic carboxylic acids is 1. The van der Waals surface area contributed by atoms with Crippen molar-refractivity contribution in [2.24, 2.45) is 0 Å². The van der Waals surface area contributed by atoms with E-state index in [9.17, 15) is 24.1 Å². The van der Waals surface area contributed by atoms with E-state index < -0.39 is 34.4 Å². The standard InChI is InChI=1S/C13H12BrFN2O6/c14-12-9(3-7(15)4-10(12)17(21)22)13(20)16-1-2-23-8(6-16)5-11(18)19/h3-4,8H,1-2,5-6H2,(H,18,19). The first kappa shape index (κ1) is 17.3. The van der Waals surface area contributed by atoms with Gasteiger partial charge in [-0.05, 0) is 22.0 Å². The first-order valence-electron chi connectivity index (χ1n) is 6.55. The molecule has 124 valence electrons. The van der Waals surface area contributed by atoms with Gasteiger partial charge in [0.1, 0.15) is 10.3 Å². The molecule has 1 aromatic rings. The monoisotopic (exact) mass is 390 g/mol. The lowest BCUT2D eigenvalue weighted by molar-refractivity contribution is -0.385. The Balaban J connectivity index is 2.26. The number of halogens is 2. The number of rotatable bonds is 4. The van der Waals surface area contributed by atoms with Crippen molar-refractivity contribution in [1.29, 1.82) is 0 Å². The van der Waals surface area contributed by atoms with E-state index in [1.807, 2.05) is 0 Å². The van der Waals surface area contributed by atoms with Gasteiger partial charge >= 0.3 is 5.97 Å². The van der Waals surface area contributed by atoms with Gasteiger partial charge in [-0.15, -0.1) is 0 Å². The van der Waals surface area contributed by atoms with Crippen LogP contribution >= 0.6 is 15.9 Å². The third kappa shape index (κ3) is 4.02. The van der Waals surface area contributed by atoms with Crippen molar-refractivity contribution < 1.29 is 28.7 Å². The summed E-state index contributed by atoms with van der Waals surface area (Å²) in [5.74, 6) is -2.59. The summed E-state index contributed by atoms with van der Waals surface area (Å²) in [4.78, 5) is 34.6. The summed E-state index contributed by atoms with van der Waals surface area (Å²) in [5.41, 5.74) is -0.739. The molecule has 1 atom stereocenters. The third-order valence-electron chi connectivity index (χ3n) is 3.27. The number of benzene rings is 1. The Morgan fingerprint density at radius 3 is 2.83 bits per heavy atom. The fourth-order valence-electron chi connectivity index (χ4n) is 2.26. The molecular formula is C13H12BrFN2O6. The van der Waals surface area contributed by atoms with E-state index in [1.54, 1.807) is 0 Å². The van der Waals surface area contributed by atoms with Crippen LogP contribution in [0.3, 0.4) is 0 Å². The molecule has 1 amide bonds.